The number of allylic oxidation sites excluding steroid dienone is 18. The molecule has 0 fully saturated rings. The van der Waals surface area contributed by atoms with Crippen LogP contribution >= 0.6 is 0 Å². The number of rotatable bonds is 46. The number of ether oxygens (including phenoxy) is 3. The Bertz CT molecular complexity index is 1360. The molecule has 368 valence electrons. The largest absolute Gasteiger partial charge is 0.462 e. The molecule has 0 N–H and O–H groups in total. The van der Waals surface area contributed by atoms with E-state index in [1.165, 1.54) is 64.2 Å². The first kappa shape index (κ1) is 61.1. The van der Waals surface area contributed by atoms with Gasteiger partial charge in [-0.05, 0) is 128 Å². The van der Waals surface area contributed by atoms with Crippen LogP contribution in [0.4, 0.5) is 0 Å². The van der Waals surface area contributed by atoms with Crippen LogP contribution in [0.15, 0.2) is 109 Å². The quantitative estimate of drug-likeness (QED) is 0.0262. The summed E-state index contributed by atoms with van der Waals surface area (Å²) in [5, 5.41) is 0. The van der Waals surface area contributed by atoms with Crippen LogP contribution in [0.5, 0.6) is 0 Å². The van der Waals surface area contributed by atoms with Crippen molar-refractivity contribution < 1.29 is 28.6 Å². The SMILES string of the molecule is CC/C=C\C/C=C\C/C=C\C/C=C\C/C=C\CCCCCC(=O)OC[C@@H](COC(=O)CCCCCCC/C=C\CCCCCC)OC(=O)CCCC/C=C\C/C=C\C/C=C\CCCCC. The number of carbonyl (C=O) groups is 3. The van der Waals surface area contributed by atoms with Crippen molar-refractivity contribution in [2.75, 3.05) is 13.2 Å². The van der Waals surface area contributed by atoms with Gasteiger partial charge in [0.1, 0.15) is 13.2 Å². The zero-order valence-electron chi connectivity index (χ0n) is 42.0. The average molecular weight is 901 g/mol. The third kappa shape index (κ3) is 50.9. The van der Waals surface area contributed by atoms with E-state index in [0.29, 0.717) is 19.3 Å². The summed E-state index contributed by atoms with van der Waals surface area (Å²) in [6.45, 7) is 6.40. The summed E-state index contributed by atoms with van der Waals surface area (Å²) in [6, 6.07) is 0. The van der Waals surface area contributed by atoms with E-state index in [9.17, 15) is 14.4 Å². The molecule has 0 unspecified atom stereocenters. The minimum Gasteiger partial charge on any atom is -0.462 e. The van der Waals surface area contributed by atoms with Crippen molar-refractivity contribution in [3.05, 3.63) is 109 Å². The minimum absolute atomic E-state index is 0.110. The Hall–Kier alpha value is -3.93. The molecule has 0 heterocycles. The van der Waals surface area contributed by atoms with E-state index in [2.05, 4.69) is 130 Å². The van der Waals surface area contributed by atoms with E-state index < -0.39 is 6.10 Å². The molecule has 0 aromatic carbocycles. The summed E-state index contributed by atoms with van der Waals surface area (Å²) in [5.74, 6) is -0.996. The van der Waals surface area contributed by atoms with Gasteiger partial charge in [0.25, 0.3) is 0 Å². The van der Waals surface area contributed by atoms with Crippen molar-refractivity contribution in [3.63, 3.8) is 0 Å². The highest BCUT2D eigenvalue weighted by Crippen LogP contribution is 2.12. The maximum absolute atomic E-state index is 12.8. The summed E-state index contributed by atoms with van der Waals surface area (Å²) in [4.78, 5) is 38.0. The van der Waals surface area contributed by atoms with Gasteiger partial charge in [-0.25, -0.2) is 0 Å². The van der Waals surface area contributed by atoms with E-state index in [-0.39, 0.29) is 37.5 Å². The summed E-state index contributed by atoms with van der Waals surface area (Å²) in [5.41, 5.74) is 0. The Balaban J connectivity index is 4.53. The lowest BCUT2D eigenvalue weighted by Crippen LogP contribution is -2.30. The summed E-state index contributed by atoms with van der Waals surface area (Å²) in [6.07, 6.45) is 70.7. The maximum atomic E-state index is 12.8. The second-order valence-electron chi connectivity index (χ2n) is 17.0. The first-order chi connectivity index (χ1) is 32.0. The van der Waals surface area contributed by atoms with Crippen LogP contribution in [0.25, 0.3) is 0 Å². The fraction of sp³-hybridized carbons (Fsp3) is 0.644. The first-order valence-electron chi connectivity index (χ1n) is 26.4. The van der Waals surface area contributed by atoms with Gasteiger partial charge in [0.2, 0.25) is 0 Å². The predicted octanol–water partition coefficient (Wildman–Crippen LogP) is 17.5. The Morgan fingerprint density at radius 2 is 0.600 bits per heavy atom. The molecule has 65 heavy (non-hydrogen) atoms. The van der Waals surface area contributed by atoms with Crippen LogP contribution in [0.2, 0.25) is 0 Å². The Morgan fingerprint density at radius 1 is 0.323 bits per heavy atom. The number of carbonyl (C=O) groups excluding carboxylic acids is 3. The number of hydrogen-bond donors (Lipinski definition) is 0. The Labute approximate surface area is 400 Å². The second kappa shape index (κ2) is 52.7. The highest BCUT2D eigenvalue weighted by atomic mass is 16.6. The Kier molecular flexibility index (Phi) is 49.5. The molecular formula is C59H96O6. The number of hydrogen-bond acceptors (Lipinski definition) is 6. The van der Waals surface area contributed by atoms with Crippen molar-refractivity contribution in [1.29, 1.82) is 0 Å². The van der Waals surface area contributed by atoms with E-state index in [1.807, 2.05) is 0 Å². The van der Waals surface area contributed by atoms with Crippen molar-refractivity contribution >= 4 is 17.9 Å². The van der Waals surface area contributed by atoms with Gasteiger partial charge in [-0.3, -0.25) is 14.4 Å². The van der Waals surface area contributed by atoms with Gasteiger partial charge in [0.05, 0.1) is 0 Å². The molecule has 0 saturated heterocycles. The smallest absolute Gasteiger partial charge is 0.306 e. The van der Waals surface area contributed by atoms with E-state index >= 15 is 0 Å². The lowest BCUT2D eigenvalue weighted by Gasteiger charge is -2.18. The molecule has 0 aliphatic carbocycles. The predicted molar refractivity (Wildman–Crippen MR) is 279 cm³/mol. The lowest BCUT2D eigenvalue weighted by atomic mass is 10.1. The molecule has 0 saturated carbocycles. The molecule has 0 aliphatic rings. The number of esters is 3. The van der Waals surface area contributed by atoms with Crippen LogP contribution in [0.3, 0.4) is 0 Å². The first-order valence-corrected chi connectivity index (χ1v) is 26.4. The zero-order chi connectivity index (χ0) is 47.2. The van der Waals surface area contributed by atoms with Crippen LogP contribution in [-0.2, 0) is 28.6 Å². The van der Waals surface area contributed by atoms with Gasteiger partial charge in [0, 0.05) is 19.3 Å². The minimum atomic E-state index is -0.816. The molecule has 0 bridgehead atoms. The van der Waals surface area contributed by atoms with E-state index in [0.717, 1.165) is 116 Å². The average Bonchev–Trinajstić information content (AvgIpc) is 3.30. The Morgan fingerprint density at radius 3 is 1.03 bits per heavy atom. The molecule has 1 atom stereocenters. The van der Waals surface area contributed by atoms with Gasteiger partial charge >= 0.3 is 17.9 Å². The molecule has 6 heteroatoms. The van der Waals surface area contributed by atoms with Crippen LogP contribution < -0.4 is 0 Å². The molecule has 0 aromatic rings. The lowest BCUT2D eigenvalue weighted by molar-refractivity contribution is -0.167. The van der Waals surface area contributed by atoms with Crippen LogP contribution in [0.1, 0.15) is 226 Å². The fourth-order valence-electron chi connectivity index (χ4n) is 6.76. The van der Waals surface area contributed by atoms with Gasteiger partial charge in [-0.1, -0.05) is 188 Å². The number of unbranched alkanes of at least 4 members (excludes halogenated alkanes) is 17. The van der Waals surface area contributed by atoms with Crippen LogP contribution in [-0.4, -0.2) is 37.2 Å². The zero-order valence-corrected chi connectivity index (χ0v) is 42.0. The molecule has 0 spiro atoms. The molecule has 6 nitrogen and oxygen atoms in total. The summed E-state index contributed by atoms with van der Waals surface area (Å²) < 4.78 is 16.7. The second-order valence-corrected chi connectivity index (χ2v) is 17.0. The normalized spacial score (nSPS) is 13.0. The van der Waals surface area contributed by atoms with E-state index in [1.54, 1.807) is 0 Å². The van der Waals surface area contributed by atoms with Crippen LogP contribution in [0, 0.1) is 0 Å². The third-order valence-electron chi connectivity index (χ3n) is 10.7. The highest BCUT2D eigenvalue weighted by molar-refractivity contribution is 5.71. The highest BCUT2D eigenvalue weighted by Gasteiger charge is 2.19. The topological polar surface area (TPSA) is 78.9 Å². The molecule has 0 aliphatic heterocycles. The molecule has 0 rings (SSSR count). The van der Waals surface area contributed by atoms with Gasteiger partial charge in [-0.2, -0.15) is 0 Å². The van der Waals surface area contributed by atoms with E-state index in [4.69, 9.17) is 14.2 Å². The third-order valence-corrected chi connectivity index (χ3v) is 10.7. The van der Waals surface area contributed by atoms with Crippen molar-refractivity contribution in [3.8, 4) is 0 Å². The molecule has 0 radical (unpaired) electrons. The summed E-state index contributed by atoms with van der Waals surface area (Å²) >= 11 is 0. The summed E-state index contributed by atoms with van der Waals surface area (Å²) in [7, 11) is 0. The van der Waals surface area contributed by atoms with Gasteiger partial charge in [0.15, 0.2) is 6.10 Å². The van der Waals surface area contributed by atoms with Crippen molar-refractivity contribution in [2.24, 2.45) is 0 Å². The van der Waals surface area contributed by atoms with Gasteiger partial charge in [-0.15, -0.1) is 0 Å². The monoisotopic (exact) mass is 901 g/mol. The van der Waals surface area contributed by atoms with Crippen molar-refractivity contribution in [1.82, 2.24) is 0 Å². The standard InChI is InChI=1S/C59H96O6/c1-4-7-10-13-16-19-22-25-27-28-29-30-32-34-37-40-43-46-49-52-58(61)64-55-56(54-63-57(60)51-48-45-42-39-36-33-24-21-18-15-12-9-6-3)65-59(62)53-50-47-44-41-38-35-31-26-23-20-17-14-11-8-5-2/h7,10,16-17,19-21,24-27,29-31,34,37-38,41,56H,4-6,8-9,11-15,18,22-23,28,32-33,35-36,39-40,42-55H2,1-3H3/b10-7-,19-16-,20-17-,24-21-,27-25-,30-29-,31-26-,37-34-,41-38-/t56-/m1/s1. The fourth-order valence-corrected chi connectivity index (χ4v) is 6.76. The molecule has 0 aromatic heterocycles. The van der Waals surface area contributed by atoms with Gasteiger partial charge < -0.3 is 14.2 Å². The molecule has 0 amide bonds. The maximum Gasteiger partial charge on any atom is 0.306 e. The van der Waals surface area contributed by atoms with Crippen molar-refractivity contribution in [2.45, 2.75) is 232 Å². The molecular weight excluding hydrogens is 805 g/mol.